The molecule has 3 rings (SSSR count). The molecule has 1 aromatic carbocycles. The van der Waals surface area contributed by atoms with Crippen molar-refractivity contribution in [1.82, 2.24) is 19.3 Å². The molecule has 0 N–H and O–H groups in total. The molecule has 0 aliphatic rings. The molecule has 0 fully saturated rings. The third-order valence-electron chi connectivity index (χ3n) is 2.12. The number of hydrogen-bond acceptors (Lipinski definition) is 5. The average molecular weight is 249 g/mol. The fraction of sp³-hybridized carbons (Fsp3) is 0. The summed E-state index contributed by atoms with van der Waals surface area (Å²) in [6, 6.07) is 5.78. The van der Waals surface area contributed by atoms with E-state index >= 15 is 0 Å². The van der Waals surface area contributed by atoms with Crippen LogP contribution in [0.2, 0.25) is 5.28 Å². The molecule has 0 aliphatic heterocycles. The summed E-state index contributed by atoms with van der Waals surface area (Å²) in [6.07, 6.45) is 3.34. The van der Waals surface area contributed by atoms with E-state index in [4.69, 9.17) is 11.6 Å². The van der Waals surface area contributed by atoms with E-state index in [1.165, 1.54) is 11.5 Å². The predicted octanol–water partition coefficient (Wildman–Crippen LogP) is 2.80. The number of hydrogen-bond donors (Lipinski definition) is 0. The summed E-state index contributed by atoms with van der Waals surface area (Å²) >= 11 is 6.96. The molecule has 2 aromatic heterocycles. The van der Waals surface area contributed by atoms with Crippen LogP contribution < -0.4 is 0 Å². The first kappa shape index (κ1) is 9.62. The minimum absolute atomic E-state index is 0.277. The third kappa shape index (κ3) is 1.64. The first-order valence-corrected chi connectivity index (χ1v) is 5.68. The summed E-state index contributed by atoms with van der Waals surface area (Å²) in [5, 5.41) is 1.07. The smallest absolute Gasteiger partial charge is 0.234 e. The van der Waals surface area contributed by atoms with Crippen LogP contribution in [0.1, 0.15) is 0 Å². The molecule has 2 heterocycles. The summed E-state index contributed by atoms with van der Waals surface area (Å²) < 4.78 is 3.93. The lowest BCUT2D eigenvalue weighted by Crippen LogP contribution is -1.83. The number of nitrogens with zero attached hydrogens (tertiary/aromatic N) is 4. The topological polar surface area (TPSA) is 51.6 Å². The zero-order valence-electron chi connectivity index (χ0n) is 7.96. The van der Waals surface area contributed by atoms with E-state index in [2.05, 4.69) is 19.3 Å². The molecule has 0 saturated carbocycles. The first-order chi connectivity index (χ1) is 7.83. The molecule has 0 spiro atoms. The third-order valence-corrected chi connectivity index (χ3v) is 3.15. The Balaban J connectivity index is 2.18. The lowest BCUT2D eigenvalue weighted by molar-refractivity contribution is 1.29. The van der Waals surface area contributed by atoms with Gasteiger partial charge in [0.05, 0.1) is 11.0 Å². The van der Waals surface area contributed by atoms with Gasteiger partial charge in [-0.25, -0.2) is 4.98 Å². The van der Waals surface area contributed by atoms with E-state index in [1.54, 1.807) is 12.4 Å². The van der Waals surface area contributed by atoms with Gasteiger partial charge < -0.3 is 0 Å². The quantitative estimate of drug-likeness (QED) is 0.665. The van der Waals surface area contributed by atoms with Crippen LogP contribution >= 0.6 is 23.1 Å². The Bertz CT molecular complexity index is 652. The number of benzene rings is 1. The highest BCUT2D eigenvalue weighted by atomic mass is 35.5. The van der Waals surface area contributed by atoms with Gasteiger partial charge in [0.1, 0.15) is 5.01 Å². The molecule has 6 heteroatoms. The van der Waals surface area contributed by atoms with Crippen molar-refractivity contribution in [3.8, 4) is 10.6 Å². The molecular formula is C10H5ClN4S. The van der Waals surface area contributed by atoms with Crippen molar-refractivity contribution in [2.45, 2.75) is 0 Å². The molecule has 0 radical (unpaired) electrons. The Labute approximate surface area is 100 Å². The van der Waals surface area contributed by atoms with Gasteiger partial charge in [-0.2, -0.15) is 4.37 Å². The standard InChI is InChI=1S/C10H5ClN4S/c11-10-14-9(16-15-10)6-1-2-7-8(5-6)13-4-3-12-7/h1-5H. The van der Waals surface area contributed by atoms with Crippen LogP contribution in [0.5, 0.6) is 0 Å². The molecular weight excluding hydrogens is 244 g/mol. The van der Waals surface area contributed by atoms with Gasteiger partial charge in [0, 0.05) is 18.0 Å². The highest BCUT2D eigenvalue weighted by molar-refractivity contribution is 7.09. The van der Waals surface area contributed by atoms with Gasteiger partial charge in [-0.15, -0.1) is 0 Å². The highest BCUT2D eigenvalue weighted by Crippen LogP contribution is 2.25. The van der Waals surface area contributed by atoms with Crippen molar-refractivity contribution < 1.29 is 0 Å². The van der Waals surface area contributed by atoms with Gasteiger partial charge in [-0.05, 0) is 41.3 Å². The summed E-state index contributed by atoms with van der Waals surface area (Å²) in [6.45, 7) is 0. The largest absolute Gasteiger partial charge is 0.253 e. The normalized spacial score (nSPS) is 10.8. The van der Waals surface area contributed by atoms with Crippen LogP contribution in [0, 0.1) is 0 Å². The van der Waals surface area contributed by atoms with Crippen molar-refractivity contribution in [3.63, 3.8) is 0 Å². The van der Waals surface area contributed by atoms with Crippen LogP contribution in [0.15, 0.2) is 30.6 Å². The monoisotopic (exact) mass is 248 g/mol. The van der Waals surface area contributed by atoms with Crippen molar-refractivity contribution in [3.05, 3.63) is 35.9 Å². The van der Waals surface area contributed by atoms with Gasteiger partial charge in [-0.1, -0.05) is 0 Å². The van der Waals surface area contributed by atoms with Crippen LogP contribution in [0.25, 0.3) is 21.6 Å². The summed E-state index contributed by atoms with van der Waals surface area (Å²) in [4.78, 5) is 12.5. The molecule has 0 atom stereocenters. The summed E-state index contributed by atoms with van der Waals surface area (Å²) in [5.41, 5.74) is 2.66. The van der Waals surface area contributed by atoms with Crippen LogP contribution in [-0.4, -0.2) is 19.3 Å². The average Bonchev–Trinajstić information content (AvgIpc) is 2.75. The van der Waals surface area contributed by atoms with E-state index in [-0.39, 0.29) is 5.28 Å². The van der Waals surface area contributed by atoms with E-state index < -0.39 is 0 Å². The van der Waals surface area contributed by atoms with Gasteiger partial charge in [-0.3, -0.25) is 9.97 Å². The molecule has 3 aromatic rings. The second-order valence-corrected chi connectivity index (χ2v) is 4.22. The van der Waals surface area contributed by atoms with Crippen molar-refractivity contribution >= 4 is 34.2 Å². The maximum Gasteiger partial charge on any atom is 0.234 e. The highest BCUT2D eigenvalue weighted by Gasteiger charge is 2.06. The molecule has 0 aliphatic carbocycles. The summed E-state index contributed by atoms with van der Waals surface area (Å²) in [7, 11) is 0. The van der Waals surface area contributed by atoms with Crippen molar-refractivity contribution in [2.24, 2.45) is 0 Å². The second kappa shape index (κ2) is 3.77. The van der Waals surface area contributed by atoms with E-state index in [0.29, 0.717) is 0 Å². The predicted molar refractivity (Wildman–Crippen MR) is 63.5 cm³/mol. The zero-order valence-corrected chi connectivity index (χ0v) is 9.53. The van der Waals surface area contributed by atoms with Gasteiger partial charge in [0.2, 0.25) is 5.28 Å². The minimum atomic E-state index is 0.277. The Morgan fingerprint density at radius 2 is 1.88 bits per heavy atom. The fourth-order valence-corrected chi connectivity index (χ4v) is 2.22. The van der Waals surface area contributed by atoms with Gasteiger partial charge in [0.15, 0.2) is 0 Å². The Kier molecular flexibility index (Phi) is 2.27. The van der Waals surface area contributed by atoms with E-state index in [9.17, 15) is 0 Å². The summed E-state index contributed by atoms with van der Waals surface area (Å²) in [5.74, 6) is 0. The Hall–Kier alpha value is -1.59. The minimum Gasteiger partial charge on any atom is -0.253 e. The maximum atomic E-state index is 5.69. The molecule has 78 valence electrons. The van der Waals surface area contributed by atoms with E-state index in [1.807, 2.05) is 18.2 Å². The molecule has 0 saturated heterocycles. The van der Waals surface area contributed by atoms with E-state index in [0.717, 1.165) is 21.6 Å². The lowest BCUT2D eigenvalue weighted by atomic mass is 10.2. The maximum absolute atomic E-state index is 5.69. The zero-order chi connectivity index (χ0) is 11.0. The van der Waals surface area contributed by atoms with Crippen molar-refractivity contribution in [1.29, 1.82) is 0 Å². The van der Waals surface area contributed by atoms with Crippen LogP contribution in [0.3, 0.4) is 0 Å². The molecule has 16 heavy (non-hydrogen) atoms. The number of fused-ring (bicyclic) bond motifs is 1. The molecule has 0 bridgehead atoms. The first-order valence-electron chi connectivity index (χ1n) is 4.53. The molecule has 0 amide bonds. The fourth-order valence-electron chi connectivity index (χ4n) is 1.42. The van der Waals surface area contributed by atoms with Crippen LogP contribution in [-0.2, 0) is 0 Å². The second-order valence-electron chi connectivity index (χ2n) is 3.13. The van der Waals surface area contributed by atoms with Gasteiger partial charge >= 0.3 is 0 Å². The lowest BCUT2D eigenvalue weighted by Gasteiger charge is -1.97. The number of aromatic nitrogens is 4. The molecule has 0 unspecified atom stereocenters. The van der Waals surface area contributed by atoms with Gasteiger partial charge in [0.25, 0.3) is 0 Å². The van der Waals surface area contributed by atoms with Crippen molar-refractivity contribution in [2.75, 3.05) is 0 Å². The Morgan fingerprint density at radius 1 is 1.06 bits per heavy atom. The Morgan fingerprint density at radius 3 is 2.62 bits per heavy atom. The number of halogens is 1. The number of rotatable bonds is 1. The molecule has 4 nitrogen and oxygen atoms in total. The van der Waals surface area contributed by atoms with Crippen LogP contribution in [0.4, 0.5) is 0 Å². The SMILES string of the molecule is Clc1nsc(-c2ccc3nccnc3c2)n1.